The van der Waals surface area contributed by atoms with Gasteiger partial charge >= 0.3 is 0 Å². The first kappa shape index (κ1) is 15.2. The van der Waals surface area contributed by atoms with E-state index in [4.69, 9.17) is 0 Å². The maximum Gasteiger partial charge on any atom is 0.234 e. The molecule has 0 aromatic rings. The fourth-order valence-electron chi connectivity index (χ4n) is 2.52. The minimum absolute atomic E-state index is 0.0175. The number of Topliss-reactive ketones (excluding diaryl/α,β-unsaturated/α-hetero) is 1. The molecule has 1 unspecified atom stereocenters. The van der Waals surface area contributed by atoms with E-state index in [0.29, 0.717) is 18.7 Å². The van der Waals surface area contributed by atoms with Crippen LogP contribution < -0.4 is 5.32 Å². The molecule has 1 saturated carbocycles. The zero-order valence-corrected chi connectivity index (χ0v) is 11.9. The second-order valence-corrected chi connectivity index (χ2v) is 5.37. The summed E-state index contributed by atoms with van der Waals surface area (Å²) in [5.41, 5.74) is 0. The summed E-state index contributed by atoms with van der Waals surface area (Å²) in [4.78, 5) is 25.9. The number of hydrogen-bond donors (Lipinski definition) is 1. The fraction of sp³-hybridized carbons (Fsp3) is 0.857. The Kier molecular flexibility index (Phi) is 6.33. The maximum absolute atomic E-state index is 12.0. The normalized spacial score (nSPS) is 21.2. The lowest BCUT2D eigenvalue weighted by molar-refractivity contribution is -0.127. The summed E-state index contributed by atoms with van der Waals surface area (Å²) in [6, 6.07) is 0.108. The number of nitrogens with zero attached hydrogens (tertiary/aromatic N) is 1. The van der Waals surface area contributed by atoms with Crippen molar-refractivity contribution in [1.29, 1.82) is 0 Å². The molecule has 4 heteroatoms. The fourth-order valence-corrected chi connectivity index (χ4v) is 2.52. The van der Waals surface area contributed by atoms with Gasteiger partial charge in [0.15, 0.2) is 0 Å². The minimum atomic E-state index is -0.0459. The predicted octanol–water partition coefficient (Wildman–Crippen LogP) is 1.73. The first-order chi connectivity index (χ1) is 8.54. The van der Waals surface area contributed by atoms with E-state index in [1.54, 1.807) is 0 Å². The number of carbonyl (C=O) groups is 2. The van der Waals surface area contributed by atoms with Gasteiger partial charge in [-0.15, -0.1) is 0 Å². The molecular weight excluding hydrogens is 228 g/mol. The number of ketones is 1. The summed E-state index contributed by atoms with van der Waals surface area (Å²) in [6.45, 7) is 7.00. The van der Waals surface area contributed by atoms with Gasteiger partial charge in [0.25, 0.3) is 0 Å². The molecular formula is C14H26N2O2. The highest BCUT2D eigenvalue weighted by molar-refractivity contribution is 5.85. The molecule has 104 valence electrons. The topological polar surface area (TPSA) is 49.4 Å². The summed E-state index contributed by atoms with van der Waals surface area (Å²) in [5, 5.41) is 2.89. The highest BCUT2D eigenvalue weighted by Gasteiger charge is 2.27. The number of carbonyl (C=O) groups excluding carboxylic acids is 2. The van der Waals surface area contributed by atoms with Gasteiger partial charge in [-0.1, -0.05) is 19.8 Å². The molecule has 1 N–H and O–H groups in total. The zero-order valence-electron chi connectivity index (χ0n) is 11.9. The molecule has 0 bridgehead atoms. The van der Waals surface area contributed by atoms with Gasteiger partial charge in [0.1, 0.15) is 5.78 Å². The largest absolute Gasteiger partial charge is 0.353 e. The van der Waals surface area contributed by atoms with E-state index in [-0.39, 0.29) is 18.0 Å². The zero-order chi connectivity index (χ0) is 13.5. The van der Waals surface area contributed by atoms with Gasteiger partial charge in [-0.25, -0.2) is 0 Å². The monoisotopic (exact) mass is 254 g/mol. The number of nitrogens with one attached hydrogen (secondary N) is 1. The van der Waals surface area contributed by atoms with Gasteiger partial charge in [0, 0.05) is 12.5 Å². The number of rotatable bonds is 5. The van der Waals surface area contributed by atoms with E-state index >= 15 is 0 Å². The molecule has 18 heavy (non-hydrogen) atoms. The molecule has 0 radical (unpaired) electrons. The third-order valence-corrected chi connectivity index (χ3v) is 3.42. The molecule has 1 atom stereocenters. The Morgan fingerprint density at radius 1 is 1.39 bits per heavy atom. The van der Waals surface area contributed by atoms with Crippen molar-refractivity contribution in [3.63, 3.8) is 0 Å². The SMILES string of the molecule is CCN(CC(=O)NC(C)C)C1CCCCCC1=O. The molecule has 0 saturated heterocycles. The van der Waals surface area contributed by atoms with E-state index in [0.717, 1.165) is 32.2 Å². The number of likely N-dealkylation sites (N-methyl/N-ethyl adjacent to an activating group) is 1. The lowest BCUT2D eigenvalue weighted by Gasteiger charge is -2.28. The second-order valence-electron chi connectivity index (χ2n) is 5.37. The molecule has 1 aliphatic carbocycles. The standard InChI is InChI=1S/C14H26N2O2/c1-4-16(10-14(18)15-11(2)3)12-8-6-5-7-9-13(12)17/h11-12H,4-10H2,1-3H3,(H,15,18). The van der Waals surface area contributed by atoms with Crippen LogP contribution in [0.5, 0.6) is 0 Å². The van der Waals surface area contributed by atoms with Crippen molar-refractivity contribution in [1.82, 2.24) is 10.2 Å². The van der Waals surface area contributed by atoms with Crippen LogP contribution in [0.2, 0.25) is 0 Å². The van der Waals surface area contributed by atoms with Crippen LogP contribution in [0.3, 0.4) is 0 Å². The van der Waals surface area contributed by atoms with Crippen molar-refractivity contribution in [2.75, 3.05) is 13.1 Å². The van der Waals surface area contributed by atoms with Crippen molar-refractivity contribution in [2.24, 2.45) is 0 Å². The van der Waals surface area contributed by atoms with E-state index in [1.165, 1.54) is 0 Å². The number of hydrogen-bond acceptors (Lipinski definition) is 3. The molecule has 0 spiro atoms. The van der Waals surface area contributed by atoms with Gasteiger partial charge in [-0.2, -0.15) is 0 Å². The Hall–Kier alpha value is -0.900. The van der Waals surface area contributed by atoms with E-state index in [9.17, 15) is 9.59 Å². The third-order valence-electron chi connectivity index (χ3n) is 3.42. The van der Waals surface area contributed by atoms with Gasteiger partial charge in [0.05, 0.1) is 12.6 Å². The first-order valence-corrected chi connectivity index (χ1v) is 7.10. The van der Waals surface area contributed by atoms with Crippen LogP contribution in [0, 0.1) is 0 Å². The van der Waals surface area contributed by atoms with E-state index < -0.39 is 0 Å². The molecule has 0 aliphatic heterocycles. The van der Waals surface area contributed by atoms with Gasteiger partial charge < -0.3 is 5.32 Å². The Morgan fingerprint density at radius 2 is 2.11 bits per heavy atom. The third kappa shape index (κ3) is 4.77. The molecule has 0 aromatic carbocycles. The van der Waals surface area contributed by atoms with Crippen molar-refractivity contribution in [3.8, 4) is 0 Å². The minimum Gasteiger partial charge on any atom is -0.353 e. The Labute approximate surface area is 110 Å². The average molecular weight is 254 g/mol. The second kappa shape index (κ2) is 7.52. The van der Waals surface area contributed by atoms with Crippen LogP contribution in [-0.2, 0) is 9.59 Å². The predicted molar refractivity (Wildman–Crippen MR) is 72.4 cm³/mol. The summed E-state index contributed by atoms with van der Waals surface area (Å²) < 4.78 is 0. The summed E-state index contributed by atoms with van der Waals surface area (Å²) in [5.74, 6) is 0.329. The highest BCUT2D eigenvalue weighted by atomic mass is 16.2. The summed E-state index contributed by atoms with van der Waals surface area (Å²) in [7, 11) is 0. The lowest BCUT2D eigenvalue weighted by Crippen LogP contribution is -2.47. The first-order valence-electron chi connectivity index (χ1n) is 7.10. The number of amides is 1. The smallest absolute Gasteiger partial charge is 0.234 e. The van der Waals surface area contributed by atoms with Crippen LogP contribution in [0.4, 0.5) is 0 Å². The molecule has 1 aliphatic rings. The van der Waals surface area contributed by atoms with Gasteiger partial charge in [-0.3, -0.25) is 14.5 Å². The molecule has 1 rings (SSSR count). The Morgan fingerprint density at radius 3 is 2.72 bits per heavy atom. The van der Waals surface area contributed by atoms with Crippen molar-refractivity contribution in [2.45, 2.75) is 65.0 Å². The van der Waals surface area contributed by atoms with Gasteiger partial charge in [0.2, 0.25) is 5.91 Å². The highest BCUT2D eigenvalue weighted by Crippen LogP contribution is 2.19. The van der Waals surface area contributed by atoms with Crippen LogP contribution >= 0.6 is 0 Å². The maximum atomic E-state index is 12.0. The van der Waals surface area contributed by atoms with Gasteiger partial charge in [-0.05, 0) is 33.2 Å². The van der Waals surface area contributed by atoms with E-state index in [2.05, 4.69) is 5.32 Å². The molecule has 0 aromatic heterocycles. The van der Waals surface area contributed by atoms with Crippen molar-refractivity contribution in [3.05, 3.63) is 0 Å². The Bertz CT molecular complexity index is 290. The van der Waals surface area contributed by atoms with Crippen LogP contribution in [-0.4, -0.2) is 41.8 Å². The van der Waals surface area contributed by atoms with Crippen molar-refractivity contribution >= 4 is 11.7 Å². The molecule has 1 amide bonds. The van der Waals surface area contributed by atoms with E-state index in [1.807, 2.05) is 25.7 Å². The molecule has 1 fully saturated rings. The summed E-state index contributed by atoms with van der Waals surface area (Å²) in [6.07, 6.45) is 4.82. The summed E-state index contributed by atoms with van der Waals surface area (Å²) >= 11 is 0. The van der Waals surface area contributed by atoms with Crippen molar-refractivity contribution < 1.29 is 9.59 Å². The van der Waals surface area contributed by atoms with Crippen LogP contribution in [0.25, 0.3) is 0 Å². The molecule has 0 heterocycles. The Balaban J connectivity index is 2.57. The average Bonchev–Trinajstić information content (AvgIpc) is 2.50. The quantitative estimate of drug-likeness (QED) is 0.760. The molecule has 4 nitrogen and oxygen atoms in total. The lowest BCUT2D eigenvalue weighted by atomic mass is 10.1. The van der Waals surface area contributed by atoms with Crippen LogP contribution in [0.15, 0.2) is 0 Å². The van der Waals surface area contributed by atoms with Crippen LogP contribution in [0.1, 0.15) is 52.9 Å².